The number of carbonyl (C=O) groups is 1. The second-order valence-corrected chi connectivity index (χ2v) is 4.79. The van der Waals surface area contributed by atoms with Gasteiger partial charge in [-0.05, 0) is 18.6 Å². The number of anilines is 1. The highest BCUT2D eigenvalue weighted by molar-refractivity contribution is 5.83. The van der Waals surface area contributed by atoms with Crippen LogP contribution in [0.15, 0.2) is 36.8 Å². The largest absolute Gasteiger partial charge is 0.281 e. The number of hydrogen-bond donors (Lipinski definition) is 2. The van der Waals surface area contributed by atoms with Gasteiger partial charge in [0.25, 0.3) is 0 Å². The molecule has 1 aromatic carbocycles. The molecule has 1 fully saturated rings. The first-order valence-corrected chi connectivity index (χ1v) is 6.42. The Bertz CT molecular complexity index is 645. The number of aromatic nitrogens is 2. The molecule has 7 heteroatoms. The van der Waals surface area contributed by atoms with Gasteiger partial charge >= 0.3 is 0 Å². The van der Waals surface area contributed by atoms with Gasteiger partial charge in [-0.2, -0.15) is 0 Å². The molecule has 0 unspecified atom stereocenters. The van der Waals surface area contributed by atoms with Gasteiger partial charge in [0.15, 0.2) is 5.82 Å². The van der Waals surface area contributed by atoms with Crippen molar-refractivity contribution in [3.05, 3.63) is 54.0 Å². The molecular formula is C14H12F2N4O. The Balaban J connectivity index is 1.61. The molecule has 1 amide bonds. The van der Waals surface area contributed by atoms with Crippen molar-refractivity contribution in [3.63, 3.8) is 0 Å². The predicted molar refractivity (Wildman–Crippen MR) is 71.0 cm³/mol. The predicted octanol–water partition coefficient (Wildman–Crippen LogP) is 2.00. The SMILES string of the molecule is O=C(NNc1cnccn1)[C@@H]1C[C@@H]1c1c(F)cccc1F. The molecule has 0 radical (unpaired) electrons. The van der Waals surface area contributed by atoms with Crippen molar-refractivity contribution < 1.29 is 13.6 Å². The van der Waals surface area contributed by atoms with Crippen LogP contribution < -0.4 is 10.9 Å². The van der Waals surface area contributed by atoms with Crippen molar-refractivity contribution in [2.45, 2.75) is 12.3 Å². The summed E-state index contributed by atoms with van der Waals surface area (Å²) in [5, 5.41) is 0. The monoisotopic (exact) mass is 290 g/mol. The lowest BCUT2D eigenvalue weighted by Crippen LogP contribution is -2.31. The second-order valence-electron chi connectivity index (χ2n) is 4.79. The molecule has 1 heterocycles. The third kappa shape index (κ3) is 2.81. The van der Waals surface area contributed by atoms with Gasteiger partial charge in [0.1, 0.15) is 11.6 Å². The van der Waals surface area contributed by atoms with E-state index in [1.54, 1.807) is 0 Å². The maximum atomic E-state index is 13.6. The zero-order valence-electron chi connectivity index (χ0n) is 10.9. The third-order valence-corrected chi connectivity index (χ3v) is 3.37. The average Bonchev–Trinajstić information content (AvgIpc) is 3.26. The quantitative estimate of drug-likeness (QED) is 0.845. The van der Waals surface area contributed by atoms with Crippen molar-refractivity contribution in [2.24, 2.45) is 5.92 Å². The molecule has 1 saturated carbocycles. The Morgan fingerprint density at radius 2 is 2.00 bits per heavy atom. The van der Waals surface area contributed by atoms with Crippen molar-refractivity contribution in [3.8, 4) is 0 Å². The number of rotatable bonds is 4. The van der Waals surface area contributed by atoms with E-state index in [-0.39, 0.29) is 11.5 Å². The summed E-state index contributed by atoms with van der Waals surface area (Å²) in [4.78, 5) is 19.7. The number of halogens is 2. The van der Waals surface area contributed by atoms with Gasteiger partial charge in [-0.25, -0.2) is 13.8 Å². The van der Waals surface area contributed by atoms with E-state index in [1.165, 1.54) is 36.8 Å². The van der Waals surface area contributed by atoms with Gasteiger partial charge in [-0.1, -0.05) is 6.07 Å². The van der Waals surface area contributed by atoms with Crippen molar-refractivity contribution in [1.29, 1.82) is 0 Å². The van der Waals surface area contributed by atoms with Crippen LogP contribution in [-0.4, -0.2) is 15.9 Å². The molecular weight excluding hydrogens is 278 g/mol. The fourth-order valence-electron chi connectivity index (χ4n) is 2.25. The van der Waals surface area contributed by atoms with Gasteiger partial charge in [-0.15, -0.1) is 0 Å². The van der Waals surface area contributed by atoms with E-state index < -0.39 is 23.5 Å². The summed E-state index contributed by atoms with van der Waals surface area (Å²) in [6, 6.07) is 3.70. The molecule has 1 aliphatic rings. The summed E-state index contributed by atoms with van der Waals surface area (Å²) in [5.74, 6) is -2.03. The molecule has 5 nitrogen and oxygen atoms in total. The molecule has 0 saturated heterocycles. The first kappa shape index (κ1) is 13.4. The van der Waals surface area contributed by atoms with Crippen LogP contribution in [0.4, 0.5) is 14.6 Å². The maximum Gasteiger partial charge on any atom is 0.242 e. The molecule has 21 heavy (non-hydrogen) atoms. The smallest absolute Gasteiger partial charge is 0.242 e. The van der Waals surface area contributed by atoms with Gasteiger partial charge < -0.3 is 0 Å². The van der Waals surface area contributed by atoms with Gasteiger partial charge in [0, 0.05) is 29.8 Å². The van der Waals surface area contributed by atoms with E-state index in [4.69, 9.17) is 0 Å². The minimum atomic E-state index is -0.614. The summed E-state index contributed by atoms with van der Waals surface area (Å²) in [6.07, 6.45) is 4.85. The number of hydrazine groups is 1. The van der Waals surface area contributed by atoms with Crippen LogP contribution in [0, 0.1) is 17.6 Å². The number of amides is 1. The van der Waals surface area contributed by atoms with Crippen LogP contribution in [-0.2, 0) is 4.79 Å². The lowest BCUT2D eigenvalue weighted by Gasteiger charge is -2.07. The summed E-state index contributed by atoms with van der Waals surface area (Å²) in [7, 11) is 0. The highest BCUT2D eigenvalue weighted by atomic mass is 19.1. The van der Waals surface area contributed by atoms with E-state index >= 15 is 0 Å². The fourth-order valence-corrected chi connectivity index (χ4v) is 2.25. The molecule has 2 atom stereocenters. The Morgan fingerprint density at radius 3 is 2.67 bits per heavy atom. The topological polar surface area (TPSA) is 66.9 Å². The summed E-state index contributed by atoms with van der Waals surface area (Å²) < 4.78 is 27.2. The molecule has 3 rings (SSSR count). The van der Waals surface area contributed by atoms with Crippen LogP contribution in [0.5, 0.6) is 0 Å². The van der Waals surface area contributed by atoms with Gasteiger partial charge in [-0.3, -0.25) is 20.6 Å². The molecule has 0 bridgehead atoms. The molecule has 1 aliphatic carbocycles. The number of nitrogens with one attached hydrogen (secondary N) is 2. The van der Waals surface area contributed by atoms with Gasteiger partial charge in [0.05, 0.1) is 6.20 Å². The van der Waals surface area contributed by atoms with E-state index in [0.717, 1.165) is 0 Å². The summed E-state index contributed by atoms with van der Waals surface area (Å²) in [6.45, 7) is 0. The van der Waals surface area contributed by atoms with E-state index in [2.05, 4.69) is 20.8 Å². The molecule has 0 aliphatic heterocycles. The Hall–Kier alpha value is -2.57. The first-order chi connectivity index (χ1) is 10.2. The minimum absolute atomic E-state index is 0.0165. The molecule has 108 valence electrons. The van der Waals surface area contributed by atoms with E-state index in [0.29, 0.717) is 12.2 Å². The second kappa shape index (κ2) is 5.43. The Labute approximate surface area is 119 Å². The van der Waals surface area contributed by atoms with Crippen LogP contribution in [0.2, 0.25) is 0 Å². The van der Waals surface area contributed by atoms with Crippen molar-refractivity contribution in [2.75, 3.05) is 5.43 Å². The number of benzene rings is 1. The van der Waals surface area contributed by atoms with Crippen molar-refractivity contribution in [1.82, 2.24) is 15.4 Å². The summed E-state index contributed by atoms with van der Waals surface area (Å²) >= 11 is 0. The van der Waals surface area contributed by atoms with Gasteiger partial charge in [0.2, 0.25) is 5.91 Å². The zero-order valence-corrected chi connectivity index (χ0v) is 10.9. The fraction of sp³-hybridized carbons (Fsp3) is 0.214. The highest BCUT2D eigenvalue weighted by Gasteiger charge is 2.46. The van der Waals surface area contributed by atoms with E-state index in [9.17, 15) is 13.6 Å². The van der Waals surface area contributed by atoms with E-state index in [1.807, 2.05) is 0 Å². The molecule has 2 N–H and O–H groups in total. The van der Waals surface area contributed by atoms with Crippen molar-refractivity contribution >= 4 is 11.7 Å². The molecule has 0 spiro atoms. The lowest BCUT2D eigenvalue weighted by atomic mass is 10.1. The highest BCUT2D eigenvalue weighted by Crippen LogP contribution is 2.49. The first-order valence-electron chi connectivity index (χ1n) is 6.42. The number of hydrogen-bond acceptors (Lipinski definition) is 4. The average molecular weight is 290 g/mol. The molecule has 2 aromatic rings. The van der Waals surface area contributed by atoms with Crippen LogP contribution in [0.1, 0.15) is 17.9 Å². The Kier molecular flexibility index (Phi) is 3.47. The van der Waals surface area contributed by atoms with Crippen LogP contribution >= 0.6 is 0 Å². The maximum absolute atomic E-state index is 13.6. The normalized spacial score (nSPS) is 19.9. The van der Waals surface area contributed by atoms with Crippen LogP contribution in [0.25, 0.3) is 0 Å². The standard InChI is InChI=1S/C14H12F2N4O/c15-10-2-1-3-11(16)13(10)8-6-9(8)14(21)20-19-12-7-17-4-5-18-12/h1-5,7-9H,6H2,(H,18,19)(H,20,21)/t8-,9+/m0/s1. The Morgan fingerprint density at radius 1 is 1.24 bits per heavy atom. The summed E-state index contributed by atoms with van der Waals surface area (Å²) in [5.41, 5.74) is 5.05. The lowest BCUT2D eigenvalue weighted by molar-refractivity contribution is -0.121. The van der Waals surface area contributed by atoms with Crippen LogP contribution in [0.3, 0.4) is 0 Å². The zero-order chi connectivity index (χ0) is 14.8. The third-order valence-electron chi connectivity index (χ3n) is 3.37. The minimum Gasteiger partial charge on any atom is -0.281 e. The number of carbonyl (C=O) groups excluding carboxylic acids is 1. The molecule has 1 aromatic heterocycles. The number of nitrogens with zero attached hydrogens (tertiary/aromatic N) is 2.